The number of carbonyl (C=O) groups is 1. The number of nitrogens with zero attached hydrogens (tertiary/aromatic N) is 2. The van der Waals surface area contributed by atoms with Crippen molar-refractivity contribution in [1.82, 2.24) is 15.1 Å². The number of amides is 1. The molecule has 0 radical (unpaired) electrons. The molecule has 1 aliphatic carbocycles. The van der Waals surface area contributed by atoms with Crippen LogP contribution in [0.5, 0.6) is 0 Å². The first-order valence-corrected chi connectivity index (χ1v) is 10.5. The maximum Gasteiger partial charge on any atom is 0.287 e. The number of nitrogens with one attached hydrogen (secondary N) is 1. The molecule has 0 aliphatic heterocycles. The maximum atomic E-state index is 12.8. The van der Waals surface area contributed by atoms with Crippen molar-refractivity contribution in [3.8, 4) is 17.5 Å². The van der Waals surface area contributed by atoms with E-state index >= 15 is 0 Å². The molecule has 0 saturated carbocycles. The van der Waals surface area contributed by atoms with E-state index in [1.54, 1.807) is 26.0 Å². The second-order valence-corrected chi connectivity index (χ2v) is 8.57. The summed E-state index contributed by atoms with van der Waals surface area (Å²) in [7, 11) is 0. The van der Waals surface area contributed by atoms with E-state index in [-0.39, 0.29) is 17.7 Å². The zero-order chi connectivity index (χ0) is 22.2. The highest BCUT2D eigenvalue weighted by Gasteiger charge is 2.27. The van der Waals surface area contributed by atoms with Crippen molar-refractivity contribution in [2.75, 3.05) is 0 Å². The molecule has 0 bridgehead atoms. The van der Waals surface area contributed by atoms with Crippen molar-refractivity contribution < 1.29 is 14.3 Å². The first-order chi connectivity index (χ1) is 14.7. The van der Waals surface area contributed by atoms with E-state index in [1.165, 1.54) is 11.1 Å². The molecule has 3 aromatic rings. The van der Waals surface area contributed by atoms with Gasteiger partial charge < -0.3 is 14.8 Å². The molecule has 0 saturated heterocycles. The second kappa shape index (κ2) is 8.09. The summed E-state index contributed by atoms with van der Waals surface area (Å²) in [4.78, 5) is 12.8. The molecule has 6 heteroatoms. The van der Waals surface area contributed by atoms with Crippen molar-refractivity contribution in [3.05, 3.63) is 70.4 Å². The van der Waals surface area contributed by atoms with Crippen LogP contribution in [0, 0.1) is 25.7 Å². The lowest BCUT2D eigenvalue weighted by atomic mass is 9.92. The molecule has 1 amide bonds. The highest BCUT2D eigenvalue weighted by molar-refractivity contribution is 5.91. The molecular weight excluding hydrogens is 390 g/mol. The van der Waals surface area contributed by atoms with Crippen molar-refractivity contribution in [2.45, 2.75) is 58.6 Å². The lowest BCUT2D eigenvalue weighted by molar-refractivity contribution is 0.0904. The first kappa shape index (κ1) is 21.0. The molecule has 1 aromatic carbocycles. The number of aryl methyl sites for hydroxylation is 1. The molecule has 4 rings (SSSR count). The number of benzene rings is 1. The lowest BCUT2D eigenvalue weighted by Gasteiger charge is -2.24. The van der Waals surface area contributed by atoms with Crippen LogP contribution in [0.15, 0.2) is 40.9 Å². The van der Waals surface area contributed by atoms with E-state index in [2.05, 4.69) is 48.2 Å². The number of aromatic nitrogens is 2. The third-order valence-corrected chi connectivity index (χ3v) is 5.61. The molecule has 2 aromatic heterocycles. The van der Waals surface area contributed by atoms with Gasteiger partial charge in [-0.1, -0.05) is 18.1 Å². The molecule has 2 heterocycles. The summed E-state index contributed by atoms with van der Waals surface area (Å²) in [5.41, 5.74) is 4.58. The van der Waals surface area contributed by atoms with Crippen LogP contribution < -0.4 is 5.32 Å². The maximum absolute atomic E-state index is 12.8. The van der Waals surface area contributed by atoms with Crippen LogP contribution in [0.25, 0.3) is 5.69 Å². The zero-order valence-corrected chi connectivity index (χ0v) is 18.3. The van der Waals surface area contributed by atoms with Crippen LogP contribution in [0.1, 0.15) is 71.4 Å². The summed E-state index contributed by atoms with van der Waals surface area (Å²) in [6.07, 6.45) is 4.61. The van der Waals surface area contributed by atoms with Crippen LogP contribution >= 0.6 is 0 Å². The van der Waals surface area contributed by atoms with Crippen molar-refractivity contribution in [3.63, 3.8) is 0 Å². The van der Waals surface area contributed by atoms with Gasteiger partial charge in [-0.3, -0.25) is 4.79 Å². The van der Waals surface area contributed by atoms with Crippen LogP contribution in [-0.2, 0) is 6.42 Å². The number of fused-ring (bicyclic) bond motifs is 1. The molecule has 0 fully saturated rings. The normalized spacial score (nSPS) is 15.7. The zero-order valence-electron chi connectivity index (χ0n) is 18.3. The fraction of sp³-hybridized carbons (Fsp3) is 0.360. The molecule has 1 atom stereocenters. The van der Waals surface area contributed by atoms with E-state index in [0.717, 1.165) is 36.2 Å². The Balaban J connectivity index is 1.55. The Hall–Kier alpha value is -3.30. The van der Waals surface area contributed by atoms with E-state index in [4.69, 9.17) is 4.42 Å². The number of carbonyl (C=O) groups excluding carboxylic acids is 1. The van der Waals surface area contributed by atoms with E-state index in [0.29, 0.717) is 5.76 Å². The highest BCUT2D eigenvalue weighted by Crippen LogP contribution is 2.32. The Morgan fingerprint density at radius 1 is 1.29 bits per heavy atom. The van der Waals surface area contributed by atoms with Gasteiger partial charge in [-0.2, -0.15) is 5.10 Å². The smallest absolute Gasteiger partial charge is 0.287 e. The number of furan rings is 1. The number of aliphatic hydroxyl groups is 1. The Morgan fingerprint density at radius 2 is 2.10 bits per heavy atom. The average molecular weight is 418 g/mol. The van der Waals surface area contributed by atoms with Gasteiger partial charge in [0, 0.05) is 11.3 Å². The largest absolute Gasteiger partial charge is 0.443 e. The minimum atomic E-state index is -1.12. The van der Waals surface area contributed by atoms with Crippen molar-refractivity contribution in [2.24, 2.45) is 0 Å². The predicted molar refractivity (Wildman–Crippen MR) is 118 cm³/mol. The van der Waals surface area contributed by atoms with Gasteiger partial charge in [-0.25, -0.2) is 4.68 Å². The fourth-order valence-electron chi connectivity index (χ4n) is 3.85. The summed E-state index contributed by atoms with van der Waals surface area (Å²) >= 11 is 0. The molecular formula is C25H27N3O3. The van der Waals surface area contributed by atoms with Gasteiger partial charge in [0.1, 0.15) is 5.60 Å². The lowest BCUT2D eigenvalue weighted by Crippen LogP contribution is -2.30. The quantitative estimate of drug-likeness (QED) is 0.631. The number of hydrogen-bond acceptors (Lipinski definition) is 4. The Labute approximate surface area is 182 Å². The van der Waals surface area contributed by atoms with Crippen LogP contribution in [0.3, 0.4) is 0 Å². The first-order valence-electron chi connectivity index (χ1n) is 10.5. The predicted octanol–water partition coefficient (Wildman–Crippen LogP) is 4.01. The molecule has 1 aliphatic rings. The van der Waals surface area contributed by atoms with Gasteiger partial charge in [-0.05, 0) is 82.2 Å². The van der Waals surface area contributed by atoms with E-state index in [9.17, 15) is 9.90 Å². The standard InChI is InChI=1S/C25H27N3O3/c1-16-7-5-9-21(17(16)2)28-22-10-6-8-20(19(22)15-26-28)27-24(29)23-12-11-18(31-23)13-14-25(3,4)30/h5,7,9,11-12,15,20,30H,6,8,10H2,1-4H3,(H,27,29)/t20-/m0/s1. The molecule has 160 valence electrons. The SMILES string of the molecule is Cc1cccc(-n2ncc3c2CCC[C@@H]3NC(=O)c2ccc(C#CC(C)(C)O)o2)c1C. The molecule has 0 unspecified atom stereocenters. The van der Waals surface area contributed by atoms with Crippen LogP contribution in [-0.4, -0.2) is 26.4 Å². The second-order valence-electron chi connectivity index (χ2n) is 8.57. The summed E-state index contributed by atoms with van der Waals surface area (Å²) in [6, 6.07) is 9.35. The molecule has 2 N–H and O–H groups in total. The topological polar surface area (TPSA) is 80.3 Å². The molecule has 31 heavy (non-hydrogen) atoms. The Kier molecular flexibility index (Phi) is 5.47. The average Bonchev–Trinajstić information content (AvgIpc) is 3.36. The highest BCUT2D eigenvalue weighted by atomic mass is 16.3. The summed E-state index contributed by atoms with van der Waals surface area (Å²) in [5.74, 6) is 5.70. The van der Waals surface area contributed by atoms with E-state index in [1.807, 2.05) is 16.9 Å². The number of hydrogen-bond donors (Lipinski definition) is 2. The van der Waals surface area contributed by atoms with Gasteiger partial charge in [0.2, 0.25) is 0 Å². The van der Waals surface area contributed by atoms with Crippen LogP contribution in [0.2, 0.25) is 0 Å². The van der Waals surface area contributed by atoms with Crippen molar-refractivity contribution >= 4 is 5.91 Å². The third-order valence-electron chi connectivity index (χ3n) is 5.61. The molecule has 0 spiro atoms. The number of rotatable bonds is 3. The van der Waals surface area contributed by atoms with Gasteiger partial charge >= 0.3 is 0 Å². The van der Waals surface area contributed by atoms with Gasteiger partial charge in [0.15, 0.2) is 11.5 Å². The Bertz CT molecular complexity index is 1180. The van der Waals surface area contributed by atoms with Gasteiger partial charge in [-0.15, -0.1) is 0 Å². The van der Waals surface area contributed by atoms with E-state index < -0.39 is 5.60 Å². The monoisotopic (exact) mass is 417 g/mol. The fourth-order valence-corrected chi connectivity index (χ4v) is 3.85. The summed E-state index contributed by atoms with van der Waals surface area (Å²) in [5, 5.41) is 17.5. The van der Waals surface area contributed by atoms with Gasteiger partial charge in [0.05, 0.1) is 17.9 Å². The summed E-state index contributed by atoms with van der Waals surface area (Å²) < 4.78 is 7.56. The minimum absolute atomic E-state index is 0.119. The summed E-state index contributed by atoms with van der Waals surface area (Å²) in [6.45, 7) is 7.39. The minimum Gasteiger partial charge on any atom is -0.443 e. The van der Waals surface area contributed by atoms with Crippen LogP contribution in [0.4, 0.5) is 0 Å². The van der Waals surface area contributed by atoms with Crippen molar-refractivity contribution in [1.29, 1.82) is 0 Å². The third kappa shape index (κ3) is 4.42. The molecule has 6 nitrogen and oxygen atoms in total. The van der Waals surface area contributed by atoms with Gasteiger partial charge in [0.25, 0.3) is 5.91 Å². The Morgan fingerprint density at radius 3 is 2.87 bits per heavy atom.